The van der Waals surface area contributed by atoms with Gasteiger partial charge in [-0.1, -0.05) is 36.4 Å². The number of nitrogens with zero attached hydrogens (tertiary/aromatic N) is 2. The predicted molar refractivity (Wildman–Crippen MR) is 99.8 cm³/mol. The van der Waals surface area contributed by atoms with Gasteiger partial charge in [0.15, 0.2) is 5.17 Å². The normalized spacial score (nSPS) is 14.9. The highest BCUT2D eigenvalue weighted by molar-refractivity contribution is 8.18. The van der Waals surface area contributed by atoms with E-state index in [2.05, 4.69) is 9.73 Å². The largest absolute Gasteiger partial charge is 0.466 e. The summed E-state index contributed by atoms with van der Waals surface area (Å²) in [5.41, 5.74) is 1.03. The number of ether oxygens (including phenoxy) is 1. The first-order valence-electron chi connectivity index (χ1n) is 7.65. The van der Waals surface area contributed by atoms with Crippen LogP contribution in [-0.4, -0.2) is 30.1 Å². The molecule has 0 unspecified atom stereocenters. The lowest BCUT2D eigenvalue weighted by molar-refractivity contribution is -0.135. The molecule has 3 rings (SSSR count). The molecule has 0 radical (unpaired) electrons. The Morgan fingerprint density at radius 1 is 1.04 bits per heavy atom. The number of amides is 2. The molecule has 1 aliphatic rings. The molecule has 2 amide bonds. The lowest BCUT2D eigenvalue weighted by atomic mass is 10.2. The van der Waals surface area contributed by atoms with Crippen molar-refractivity contribution in [2.24, 2.45) is 4.99 Å². The molecule has 130 valence electrons. The second kappa shape index (κ2) is 7.79. The molecule has 0 spiro atoms. The van der Waals surface area contributed by atoms with Gasteiger partial charge in [0.2, 0.25) is 0 Å². The first-order valence-corrected chi connectivity index (χ1v) is 8.47. The molecule has 0 saturated carbocycles. The molecule has 2 aromatic rings. The number of thioether (sulfide) groups is 1. The van der Waals surface area contributed by atoms with Crippen molar-refractivity contribution in [1.82, 2.24) is 0 Å². The van der Waals surface area contributed by atoms with Gasteiger partial charge in [-0.15, -0.1) is 0 Å². The molecule has 0 N–H and O–H groups in total. The number of carbonyl (C=O) groups excluding carboxylic acids is 3. The third kappa shape index (κ3) is 3.73. The highest BCUT2D eigenvalue weighted by Crippen LogP contribution is 2.32. The van der Waals surface area contributed by atoms with Crippen molar-refractivity contribution in [3.8, 4) is 0 Å². The quantitative estimate of drug-likeness (QED) is 0.616. The molecule has 6 nitrogen and oxygen atoms in total. The Morgan fingerprint density at radius 3 is 2.27 bits per heavy atom. The maximum atomic E-state index is 13.0. The van der Waals surface area contributed by atoms with Crippen LogP contribution in [0.2, 0.25) is 0 Å². The molecule has 0 fully saturated rings. The number of para-hydroxylation sites is 1. The summed E-state index contributed by atoms with van der Waals surface area (Å²) in [6, 6.07) is 17.6. The van der Waals surface area contributed by atoms with Crippen molar-refractivity contribution < 1.29 is 19.1 Å². The van der Waals surface area contributed by atoms with Crippen LogP contribution in [0.5, 0.6) is 0 Å². The van der Waals surface area contributed by atoms with Crippen molar-refractivity contribution in [2.45, 2.75) is 0 Å². The minimum atomic E-state index is -0.655. The first-order chi connectivity index (χ1) is 12.6. The standard InChI is InChI=1S/C19H14N2O4S/c1-25-16(22)12-15-17(23)20-19(26-15)21(14-10-6-3-7-11-14)18(24)13-8-4-2-5-9-13/h2-12H,1H3. The average Bonchev–Trinajstić information content (AvgIpc) is 3.03. The minimum Gasteiger partial charge on any atom is -0.466 e. The van der Waals surface area contributed by atoms with Crippen LogP contribution in [0.1, 0.15) is 10.4 Å². The zero-order valence-electron chi connectivity index (χ0n) is 13.8. The van der Waals surface area contributed by atoms with Gasteiger partial charge in [0, 0.05) is 11.6 Å². The van der Waals surface area contributed by atoms with Crippen LogP contribution in [0.15, 0.2) is 76.6 Å². The highest BCUT2D eigenvalue weighted by atomic mass is 32.2. The third-order valence-corrected chi connectivity index (χ3v) is 4.46. The van der Waals surface area contributed by atoms with Crippen LogP contribution in [0.3, 0.4) is 0 Å². The van der Waals surface area contributed by atoms with E-state index in [4.69, 9.17) is 0 Å². The topological polar surface area (TPSA) is 76.0 Å². The molecular formula is C19H14N2O4S. The van der Waals surface area contributed by atoms with Gasteiger partial charge in [0.1, 0.15) is 0 Å². The fraction of sp³-hybridized carbons (Fsp3) is 0.0526. The van der Waals surface area contributed by atoms with Gasteiger partial charge in [-0.2, -0.15) is 4.99 Å². The van der Waals surface area contributed by atoms with Crippen LogP contribution in [0, 0.1) is 0 Å². The lowest BCUT2D eigenvalue weighted by Crippen LogP contribution is -2.34. The van der Waals surface area contributed by atoms with E-state index in [0.29, 0.717) is 11.3 Å². The van der Waals surface area contributed by atoms with E-state index in [1.54, 1.807) is 48.5 Å². The number of aliphatic imine (C=N–C) groups is 1. The smallest absolute Gasteiger partial charge is 0.331 e. The van der Waals surface area contributed by atoms with Crippen LogP contribution in [0.25, 0.3) is 0 Å². The molecule has 1 heterocycles. The molecule has 0 bridgehead atoms. The summed E-state index contributed by atoms with van der Waals surface area (Å²) in [5, 5.41) is 0.185. The lowest BCUT2D eigenvalue weighted by Gasteiger charge is -2.21. The van der Waals surface area contributed by atoms with E-state index in [9.17, 15) is 14.4 Å². The summed E-state index contributed by atoms with van der Waals surface area (Å²) in [4.78, 5) is 42.0. The first kappa shape index (κ1) is 17.6. The second-order valence-electron chi connectivity index (χ2n) is 5.18. The molecule has 1 aliphatic heterocycles. The van der Waals surface area contributed by atoms with Crippen LogP contribution < -0.4 is 4.90 Å². The van der Waals surface area contributed by atoms with E-state index in [0.717, 1.165) is 17.8 Å². The van der Waals surface area contributed by atoms with Crippen molar-refractivity contribution in [1.29, 1.82) is 0 Å². The fourth-order valence-corrected chi connectivity index (χ4v) is 3.15. The summed E-state index contributed by atoms with van der Waals surface area (Å²) in [6.07, 6.45) is 1.07. The van der Waals surface area contributed by atoms with Crippen LogP contribution in [0.4, 0.5) is 5.69 Å². The van der Waals surface area contributed by atoms with E-state index < -0.39 is 11.9 Å². The second-order valence-corrected chi connectivity index (χ2v) is 6.18. The van der Waals surface area contributed by atoms with Gasteiger partial charge in [-0.25, -0.2) is 4.79 Å². The van der Waals surface area contributed by atoms with Gasteiger partial charge in [0.25, 0.3) is 11.8 Å². The average molecular weight is 366 g/mol. The van der Waals surface area contributed by atoms with Gasteiger partial charge >= 0.3 is 5.97 Å². The fourth-order valence-electron chi connectivity index (χ4n) is 2.26. The highest BCUT2D eigenvalue weighted by Gasteiger charge is 2.31. The van der Waals surface area contributed by atoms with Gasteiger partial charge < -0.3 is 4.74 Å². The number of hydrogen-bond donors (Lipinski definition) is 0. The van der Waals surface area contributed by atoms with Crippen molar-refractivity contribution in [3.05, 3.63) is 77.2 Å². The maximum Gasteiger partial charge on any atom is 0.331 e. The van der Waals surface area contributed by atoms with E-state index >= 15 is 0 Å². The Morgan fingerprint density at radius 2 is 1.65 bits per heavy atom. The van der Waals surface area contributed by atoms with Gasteiger partial charge in [0.05, 0.1) is 17.7 Å². The number of anilines is 1. The molecule has 0 atom stereocenters. The van der Waals surface area contributed by atoms with Crippen LogP contribution >= 0.6 is 11.8 Å². The Bertz CT molecular complexity index is 908. The zero-order valence-corrected chi connectivity index (χ0v) is 14.6. The summed E-state index contributed by atoms with van der Waals surface area (Å²) < 4.78 is 4.55. The predicted octanol–water partition coefficient (Wildman–Crippen LogP) is 3.02. The third-order valence-electron chi connectivity index (χ3n) is 3.49. The molecule has 7 heteroatoms. The summed E-state index contributed by atoms with van der Waals surface area (Å²) in [7, 11) is 1.22. The summed E-state index contributed by atoms with van der Waals surface area (Å²) >= 11 is 0.954. The monoisotopic (exact) mass is 366 g/mol. The Balaban J connectivity index is 1.99. The van der Waals surface area contributed by atoms with E-state index in [1.165, 1.54) is 12.0 Å². The van der Waals surface area contributed by atoms with Crippen molar-refractivity contribution >= 4 is 40.4 Å². The number of rotatable bonds is 3. The Kier molecular flexibility index (Phi) is 5.28. The number of hydrogen-bond acceptors (Lipinski definition) is 5. The summed E-state index contributed by atoms with van der Waals surface area (Å²) in [5.74, 6) is -1.56. The van der Waals surface area contributed by atoms with Crippen molar-refractivity contribution in [2.75, 3.05) is 12.0 Å². The Hall–Kier alpha value is -3.19. The molecular weight excluding hydrogens is 352 g/mol. The van der Waals surface area contributed by atoms with E-state index in [-0.39, 0.29) is 16.0 Å². The molecule has 0 aliphatic carbocycles. The molecule has 2 aromatic carbocycles. The summed E-state index contributed by atoms with van der Waals surface area (Å²) in [6.45, 7) is 0. The molecule has 0 aromatic heterocycles. The van der Waals surface area contributed by atoms with Crippen molar-refractivity contribution in [3.63, 3.8) is 0 Å². The van der Waals surface area contributed by atoms with Gasteiger partial charge in [-0.05, 0) is 36.0 Å². The number of amidine groups is 1. The number of esters is 1. The number of benzene rings is 2. The Labute approximate surface area is 154 Å². The molecule has 26 heavy (non-hydrogen) atoms. The molecule has 0 saturated heterocycles. The zero-order chi connectivity index (χ0) is 18.5. The minimum absolute atomic E-state index is 0.105. The van der Waals surface area contributed by atoms with Gasteiger partial charge in [-0.3, -0.25) is 14.5 Å². The number of carbonyl (C=O) groups is 3. The SMILES string of the molecule is COC(=O)C=C1SC(N(C(=O)c2ccccc2)c2ccccc2)=NC1=O. The number of methoxy groups -OCH3 is 1. The van der Waals surface area contributed by atoms with Crippen LogP contribution in [-0.2, 0) is 14.3 Å². The van der Waals surface area contributed by atoms with E-state index in [1.807, 2.05) is 12.1 Å². The maximum absolute atomic E-state index is 13.0.